The van der Waals surface area contributed by atoms with Crippen LogP contribution in [0.5, 0.6) is 5.75 Å². The lowest BCUT2D eigenvalue weighted by atomic mass is 9.94. The lowest BCUT2D eigenvalue weighted by Crippen LogP contribution is -2.46. The van der Waals surface area contributed by atoms with E-state index in [-0.39, 0.29) is 30.4 Å². The zero-order chi connectivity index (χ0) is 18.5. The van der Waals surface area contributed by atoms with Crippen LogP contribution in [0.4, 0.5) is 9.18 Å². The van der Waals surface area contributed by atoms with Gasteiger partial charge in [-0.1, -0.05) is 36.3 Å². The van der Waals surface area contributed by atoms with Crippen molar-refractivity contribution in [2.24, 2.45) is 0 Å². The highest BCUT2D eigenvalue weighted by atomic mass is 19.1. The van der Waals surface area contributed by atoms with Crippen LogP contribution in [0.3, 0.4) is 0 Å². The molecule has 1 heterocycles. The van der Waals surface area contributed by atoms with Gasteiger partial charge in [0.05, 0.1) is 13.2 Å². The third-order valence-corrected chi connectivity index (χ3v) is 4.55. The van der Waals surface area contributed by atoms with E-state index in [4.69, 9.17) is 11.2 Å². The van der Waals surface area contributed by atoms with Gasteiger partial charge in [0.25, 0.3) is 0 Å². The van der Waals surface area contributed by atoms with E-state index in [2.05, 4.69) is 11.2 Å². The largest absolute Gasteiger partial charge is 0.493 e. The Hall–Kier alpha value is -3.00. The highest BCUT2D eigenvalue weighted by Gasteiger charge is 2.30. The average Bonchev–Trinajstić information content (AvgIpc) is 3.07. The summed E-state index contributed by atoms with van der Waals surface area (Å²) in [4.78, 5) is 14.2. The van der Waals surface area contributed by atoms with E-state index >= 15 is 0 Å². The van der Waals surface area contributed by atoms with E-state index < -0.39 is 0 Å². The molecule has 0 spiro atoms. The van der Waals surface area contributed by atoms with Gasteiger partial charge in [-0.2, -0.15) is 0 Å². The Morgan fingerprint density at radius 2 is 2.08 bits per heavy atom. The van der Waals surface area contributed by atoms with Crippen molar-refractivity contribution in [1.82, 2.24) is 10.2 Å². The topological polar surface area (TPSA) is 41.6 Å². The van der Waals surface area contributed by atoms with Crippen LogP contribution in [0, 0.1) is 18.2 Å². The summed E-state index contributed by atoms with van der Waals surface area (Å²) < 4.78 is 18.8. The Labute approximate surface area is 153 Å². The minimum absolute atomic E-state index is 0.0913. The average molecular weight is 352 g/mol. The smallest absolute Gasteiger partial charge is 0.318 e. The molecule has 2 aromatic rings. The van der Waals surface area contributed by atoms with Crippen LogP contribution >= 0.6 is 0 Å². The monoisotopic (exact) mass is 352 g/mol. The quantitative estimate of drug-likeness (QED) is 0.837. The van der Waals surface area contributed by atoms with Gasteiger partial charge in [-0.25, -0.2) is 9.18 Å². The molecule has 2 aromatic carbocycles. The van der Waals surface area contributed by atoms with Crippen LogP contribution in [-0.4, -0.2) is 30.1 Å². The minimum atomic E-state index is -0.310. The molecule has 0 fully saturated rings. The van der Waals surface area contributed by atoms with E-state index in [0.29, 0.717) is 13.2 Å². The summed E-state index contributed by atoms with van der Waals surface area (Å²) in [6.07, 6.45) is 5.41. The normalized spacial score (nSPS) is 16.1. The van der Waals surface area contributed by atoms with Gasteiger partial charge in [0.1, 0.15) is 11.6 Å². The zero-order valence-electron chi connectivity index (χ0n) is 14.6. The number of nitrogens with zero attached hydrogens (tertiary/aromatic N) is 1. The number of urea groups is 1. The Kier molecular flexibility index (Phi) is 5.43. The van der Waals surface area contributed by atoms with Gasteiger partial charge in [0.2, 0.25) is 0 Å². The summed E-state index contributed by atoms with van der Waals surface area (Å²) in [6.45, 7) is 2.99. The first-order chi connectivity index (χ1) is 12.6. The number of para-hydroxylation sites is 1. The van der Waals surface area contributed by atoms with E-state index in [1.807, 2.05) is 31.2 Å². The van der Waals surface area contributed by atoms with Crippen molar-refractivity contribution >= 4 is 6.03 Å². The Morgan fingerprint density at radius 1 is 1.35 bits per heavy atom. The first-order valence-corrected chi connectivity index (χ1v) is 8.53. The van der Waals surface area contributed by atoms with Gasteiger partial charge in [-0.15, -0.1) is 6.42 Å². The molecule has 134 valence electrons. The molecule has 0 radical (unpaired) electrons. The number of hydrogen-bond donors (Lipinski definition) is 1. The van der Waals surface area contributed by atoms with Crippen LogP contribution in [0.15, 0.2) is 48.5 Å². The number of amides is 2. The van der Waals surface area contributed by atoms with Gasteiger partial charge < -0.3 is 15.0 Å². The summed E-state index contributed by atoms with van der Waals surface area (Å²) >= 11 is 0. The molecule has 1 N–H and O–H groups in total. The maximum absolute atomic E-state index is 13.1. The van der Waals surface area contributed by atoms with Crippen LogP contribution in [0.1, 0.15) is 24.0 Å². The van der Waals surface area contributed by atoms with Crippen LogP contribution < -0.4 is 10.1 Å². The van der Waals surface area contributed by atoms with Crippen LogP contribution in [0.2, 0.25) is 0 Å². The van der Waals surface area contributed by atoms with Crippen molar-refractivity contribution in [2.45, 2.75) is 25.4 Å². The molecule has 0 aromatic heterocycles. The fraction of sp³-hybridized carbons (Fsp3) is 0.286. The highest BCUT2D eigenvalue weighted by molar-refractivity contribution is 5.75. The lowest BCUT2D eigenvalue weighted by molar-refractivity contribution is 0.195. The summed E-state index contributed by atoms with van der Waals surface area (Å²) in [5.41, 5.74) is 1.92. The number of hydrogen-bond acceptors (Lipinski definition) is 2. The Bertz CT molecular complexity index is 814. The summed E-state index contributed by atoms with van der Waals surface area (Å²) in [5, 5.41) is 3.02. The highest BCUT2D eigenvalue weighted by Crippen LogP contribution is 2.35. The molecular weight excluding hydrogens is 331 g/mol. The van der Waals surface area contributed by atoms with E-state index in [1.54, 1.807) is 12.1 Å². The molecule has 0 saturated heterocycles. The van der Waals surface area contributed by atoms with Crippen molar-refractivity contribution in [3.63, 3.8) is 0 Å². The molecule has 2 amide bonds. The first-order valence-electron chi connectivity index (χ1n) is 8.53. The SMILES string of the molecule is C#CCN(Cc1ccc(F)cc1)C(=O)NC(C)C1COc2ccccc21. The molecule has 1 aliphatic heterocycles. The van der Waals surface area contributed by atoms with E-state index in [1.165, 1.54) is 17.0 Å². The maximum Gasteiger partial charge on any atom is 0.318 e. The third kappa shape index (κ3) is 3.97. The van der Waals surface area contributed by atoms with Gasteiger partial charge in [-0.05, 0) is 30.7 Å². The fourth-order valence-electron chi connectivity index (χ4n) is 3.11. The van der Waals surface area contributed by atoms with E-state index in [0.717, 1.165) is 16.9 Å². The number of carbonyl (C=O) groups is 1. The summed E-state index contributed by atoms with van der Waals surface area (Å²) in [7, 11) is 0. The molecule has 0 saturated carbocycles. The molecule has 1 aliphatic rings. The number of benzene rings is 2. The third-order valence-electron chi connectivity index (χ3n) is 4.55. The maximum atomic E-state index is 13.1. The molecule has 4 nitrogen and oxygen atoms in total. The van der Waals surface area contributed by atoms with Crippen LogP contribution in [-0.2, 0) is 6.54 Å². The number of halogens is 1. The zero-order valence-corrected chi connectivity index (χ0v) is 14.6. The summed E-state index contributed by atoms with van der Waals surface area (Å²) in [5.74, 6) is 3.15. The van der Waals surface area contributed by atoms with E-state index in [9.17, 15) is 9.18 Å². The second-order valence-corrected chi connectivity index (χ2v) is 6.38. The molecular formula is C21H21FN2O2. The second-order valence-electron chi connectivity index (χ2n) is 6.38. The van der Waals surface area contributed by atoms with Gasteiger partial charge in [0, 0.05) is 24.1 Å². The van der Waals surface area contributed by atoms with Crippen molar-refractivity contribution in [2.75, 3.05) is 13.2 Å². The Morgan fingerprint density at radius 3 is 2.81 bits per heavy atom. The molecule has 26 heavy (non-hydrogen) atoms. The minimum Gasteiger partial charge on any atom is -0.493 e. The second kappa shape index (κ2) is 7.92. The van der Waals surface area contributed by atoms with Crippen molar-refractivity contribution in [3.8, 4) is 18.1 Å². The predicted octanol–water partition coefficient (Wildman–Crippen LogP) is 3.54. The van der Waals surface area contributed by atoms with Gasteiger partial charge in [0.15, 0.2) is 0 Å². The summed E-state index contributed by atoms with van der Waals surface area (Å²) in [6, 6.07) is 13.5. The van der Waals surface area contributed by atoms with Gasteiger partial charge in [-0.3, -0.25) is 0 Å². The molecule has 0 bridgehead atoms. The molecule has 0 aliphatic carbocycles. The standard InChI is InChI=1S/C21H21FN2O2/c1-3-12-24(13-16-8-10-17(22)11-9-16)21(25)23-15(2)19-14-26-20-7-5-4-6-18(19)20/h1,4-11,15,19H,12-14H2,2H3,(H,23,25). The molecule has 2 atom stereocenters. The van der Waals surface area contributed by atoms with Crippen molar-refractivity contribution < 1.29 is 13.9 Å². The Balaban J connectivity index is 1.66. The fourth-order valence-corrected chi connectivity index (χ4v) is 3.11. The molecule has 2 unspecified atom stereocenters. The number of carbonyl (C=O) groups excluding carboxylic acids is 1. The number of rotatable bonds is 5. The first kappa shape index (κ1) is 17.8. The van der Waals surface area contributed by atoms with Crippen molar-refractivity contribution in [1.29, 1.82) is 0 Å². The van der Waals surface area contributed by atoms with Gasteiger partial charge >= 0.3 is 6.03 Å². The number of nitrogens with one attached hydrogen (secondary N) is 1. The number of ether oxygens (including phenoxy) is 1. The van der Waals surface area contributed by atoms with Crippen LogP contribution in [0.25, 0.3) is 0 Å². The molecule has 3 rings (SSSR count). The predicted molar refractivity (Wildman–Crippen MR) is 98.3 cm³/mol. The number of fused-ring (bicyclic) bond motifs is 1. The molecule has 5 heteroatoms. The van der Waals surface area contributed by atoms with Crippen molar-refractivity contribution in [3.05, 3.63) is 65.5 Å². The lowest BCUT2D eigenvalue weighted by Gasteiger charge is -2.26. The number of terminal acetylenes is 1.